The van der Waals surface area contributed by atoms with E-state index in [-0.39, 0.29) is 29.1 Å². The molecule has 0 aliphatic rings. The van der Waals surface area contributed by atoms with E-state index < -0.39 is 23.8 Å². The van der Waals surface area contributed by atoms with Crippen molar-refractivity contribution in [2.24, 2.45) is 14.1 Å². The molecule has 0 fully saturated rings. The fraction of sp³-hybridized carbons (Fsp3) is 0.250. The lowest BCUT2D eigenvalue weighted by Gasteiger charge is -2.12. The second kappa shape index (κ2) is 7.02. The lowest BCUT2D eigenvalue weighted by molar-refractivity contribution is -0.116. The van der Waals surface area contributed by atoms with Crippen LogP contribution in [0.1, 0.15) is 0 Å². The Labute approximate surface area is 150 Å². The first-order valence-corrected chi connectivity index (χ1v) is 7.74. The van der Waals surface area contributed by atoms with Crippen LogP contribution >= 0.6 is 0 Å². The van der Waals surface area contributed by atoms with Crippen molar-refractivity contribution in [3.63, 3.8) is 0 Å². The Bertz CT molecular complexity index is 1130. The van der Waals surface area contributed by atoms with Crippen LogP contribution in [0.3, 0.4) is 0 Å². The molecule has 27 heavy (non-hydrogen) atoms. The second-order valence-corrected chi connectivity index (χ2v) is 5.67. The zero-order chi connectivity index (χ0) is 19.7. The molecule has 2 aromatic heterocycles. The van der Waals surface area contributed by atoms with Crippen molar-refractivity contribution in [3.05, 3.63) is 51.4 Å². The van der Waals surface area contributed by atoms with Crippen LogP contribution in [-0.2, 0) is 25.4 Å². The van der Waals surface area contributed by atoms with Gasteiger partial charge in [-0.15, -0.1) is 0 Å². The van der Waals surface area contributed by atoms with Gasteiger partial charge in [-0.25, -0.2) is 9.78 Å². The molecule has 2 heterocycles. The van der Waals surface area contributed by atoms with E-state index in [4.69, 9.17) is 0 Å². The van der Waals surface area contributed by atoms with Gasteiger partial charge in [0, 0.05) is 14.1 Å². The number of aromatic nitrogens is 4. The third-order valence-electron chi connectivity index (χ3n) is 3.91. The monoisotopic (exact) mass is 379 g/mol. The van der Waals surface area contributed by atoms with E-state index in [0.29, 0.717) is 0 Å². The van der Waals surface area contributed by atoms with Gasteiger partial charge in [0.1, 0.15) is 12.3 Å². The molecular formula is C16H15F2N5O4. The zero-order valence-electron chi connectivity index (χ0n) is 14.3. The third kappa shape index (κ3) is 3.43. The number of carbonyl (C=O) groups excluding carboxylic acids is 1. The maximum atomic E-state index is 12.5. The average Bonchev–Trinajstić information content (AvgIpc) is 3.03. The van der Waals surface area contributed by atoms with E-state index >= 15 is 0 Å². The Kier molecular flexibility index (Phi) is 4.75. The molecule has 0 spiro atoms. The Hall–Kier alpha value is -3.50. The first-order valence-electron chi connectivity index (χ1n) is 7.74. The number of imidazole rings is 1. The fourth-order valence-electron chi connectivity index (χ4n) is 2.63. The van der Waals surface area contributed by atoms with E-state index in [1.54, 1.807) is 6.07 Å². The molecule has 0 radical (unpaired) electrons. The molecule has 0 bridgehead atoms. The topological polar surface area (TPSA) is 100 Å². The van der Waals surface area contributed by atoms with Gasteiger partial charge < -0.3 is 14.6 Å². The molecule has 0 saturated carbocycles. The van der Waals surface area contributed by atoms with Crippen molar-refractivity contribution in [2.75, 3.05) is 5.32 Å². The number of anilines is 1. The summed E-state index contributed by atoms with van der Waals surface area (Å²) in [5.41, 5.74) is -0.864. The Morgan fingerprint density at radius 3 is 2.63 bits per heavy atom. The Morgan fingerprint density at radius 2 is 1.93 bits per heavy atom. The lowest BCUT2D eigenvalue weighted by atomic mass is 10.3. The van der Waals surface area contributed by atoms with Gasteiger partial charge in [-0.3, -0.25) is 18.7 Å². The summed E-state index contributed by atoms with van der Waals surface area (Å²) in [7, 11) is 2.78. The SMILES string of the molecule is Cn1c(=O)c2c(ncn2CC(=O)Nc2ccccc2OC(F)F)n(C)c1=O. The average molecular weight is 379 g/mol. The first kappa shape index (κ1) is 18.3. The number of benzene rings is 1. The minimum atomic E-state index is -3.04. The second-order valence-electron chi connectivity index (χ2n) is 5.67. The van der Waals surface area contributed by atoms with Gasteiger partial charge in [0.25, 0.3) is 5.56 Å². The van der Waals surface area contributed by atoms with Gasteiger partial charge in [-0.2, -0.15) is 8.78 Å². The molecule has 0 aliphatic carbocycles. The van der Waals surface area contributed by atoms with Gasteiger partial charge in [0.15, 0.2) is 11.2 Å². The number of rotatable bonds is 5. The molecule has 0 unspecified atom stereocenters. The van der Waals surface area contributed by atoms with Crippen LogP contribution in [0.4, 0.5) is 14.5 Å². The minimum Gasteiger partial charge on any atom is -0.433 e. The predicted octanol–water partition coefficient (Wildman–Crippen LogP) is 0.674. The quantitative estimate of drug-likeness (QED) is 0.703. The molecule has 1 amide bonds. The lowest BCUT2D eigenvalue weighted by Crippen LogP contribution is -2.37. The summed E-state index contributed by atoms with van der Waals surface area (Å²) in [6.07, 6.45) is 1.26. The number of ether oxygens (including phenoxy) is 1. The molecule has 0 saturated heterocycles. The van der Waals surface area contributed by atoms with Crippen molar-refractivity contribution >= 4 is 22.8 Å². The summed E-state index contributed by atoms with van der Waals surface area (Å²) in [5.74, 6) is -0.773. The maximum absolute atomic E-state index is 12.5. The van der Waals surface area contributed by atoms with Crippen LogP contribution in [0.2, 0.25) is 0 Å². The molecule has 1 N–H and O–H groups in total. The van der Waals surface area contributed by atoms with Crippen molar-refractivity contribution in [2.45, 2.75) is 13.2 Å². The first-order chi connectivity index (χ1) is 12.8. The van der Waals surface area contributed by atoms with Crippen molar-refractivity contribution in [3.8, 4) is 5.75 Å². The highest BCUT2D eigenvalue weighted by atomic mass is 19.3. The number of fused-ring (bicyclic) bond motifs is 1. The van der Waals surface area contributed by atoms with Crippen LogP contribution in [0.25, 0.3) is 11.2 Å². The maximum Gasteiger partial charge on any atom is 0.387 e. The summed E-state index contributed by atoms with van der Waals surface area (Å²) in [6.45, 7) is -3.35. The van der Waals surface area contributed by atoms with Gasteiger partial charge >= 0.3 is 12.3 Å². The largest absolute Gasteiger partial charge is 0.433 e. The van der Waals surface area contributed by atoms with E-state index in [2.05, 4.69) is 15.0 Å². The van der Waals surface area contributed by atoms with Crippen molar-refractivity contribution in [1.82, 2.24) is 18.7 Å². The number of carbonyl (C=O) groups is 1. The number of nitrogens with zero attached hydrogens (tertiary/aromatic N) is 4. The number of hydrogen-bond acceptors (Lipinski definition) is 5. The Balaban J connectivity index is 1.90. The van der Waals surface area contributed by atoms with Crippen LogP contribution in [0.5, 0.6) is 5.75 Å². The molecule has 3 rings (SSSR count). The smallest absolute Gasteiger partial charge is 0.387 e. The van der Waals surface area contributed by atoms with Gasteiger partial charge in [0.2, 0.25) is 5.91 Å². The number of aryl methyl sites for hydroxylation is 1. The van der Waals surface area contributed by atoms with E-state index in [1.807, 2.05) is 0 Å². The number of halogens is 2. The molecule has 0 aliphatic heterocycles. The van der Waals surface area contributed by atoms with Crippen LogP contribution < -0.4 is 21.3 Å². The number of amides is 1. The van der Waals surface area contributed by atoms with Crippen LogP contribution in [-0.4, -0.2) is 31.2 Å². The third-order valence-corrected chi connectivity index (χ3v) is 3.91. The summed E-state index contributed by atoms with van der Waals surface area (Å²) in [5, 5.41) is 2.46. The molecule has 9 nitrogen and oxygen atoms in total. The number of nitrogens with one attached hydrogen (secondary N) is 1. The summed E-state index contributed by atoms with van der Waals surface area (Å²) >= 11 is 0. The summed E-state index contributed by atoms with van der Waals surface area (Å²) in [4.78, 5) is 40.6. The van der Waals surface area contributed by atoms with Gasteiger partial charge in [-0.1, -0.05) is 12.1 Å². The number of para-hydroxylation sites is 2. The van der Waals surface area contributed by atoms with Gasteiger partial charge in [-0.05, 0) is 12.1 Å². The molecule has 142 valence electrons. The highest BCUT2D eigenvalue weighted by molar-refractivity contribution is 5.92. The summed E-state index contributed by atoms with van der Waals surface area (Å²) < 4.78 is 32.7. The molecule has 1 aromatic carbocycles. The van der Waals surface area contributed by atoms with Crippen molar-refractivity contribution in [1.29, 1.82) is 0 Å². The van der Waals surface area contributed by atoms with E-state index in [0.717, 1.165) is 4.57 Å². The van der Waals surface area contributed by atoms with Crippen LogP contribution in [0.15, 0.2) is 40.2 Å². The summed E-state index contributed by atoms with van der Waals surface area (Å²) in [6, 6.07) is 5.73. The minimum absolute atomic E-state index is 0.0625. The van der Waals surface area contributed by atoms with E-state index in [1.165, 1.54) is 47.8 Å². The standard InChI is InChI=1S/C16H15F2N5O4/c1-21-13-12(14(25)22(2)16(21)26)23(8-19-13)7-11(24)20-9-5-3-4-6-10(9)27-15(17)18/h3-6,8,15H,7H2,1-2H3,(H,20,24). The number of hydrogen-bond donors (Lipinski definition) is 1. The zero-order valence-corrected chi connectivity index (χ0v) is 14.3. The molecular weight excluding hydrogens is 364 g/mol. The Morgan fingerprint density at radius 1 is 1.22 bits per heavy atom. The van der Waals surface area contributed by atoms with E-state index in [9.17, 15) is 23.2 Å². The molecule has 11 heteroatoms. The molecule has 0 atom stereocenters. The molecule has 3 aromatic rings. The highest BCUT2D eigenvalue weighted by Gasteiger charge is 2.17. The van der Waals surface area contributed by atoms with Gasteiger partial charge in [0.05, 0.1) is 12.0 Å². The van der Waals surface area contributed by atoms with Crippen molar-refractivity contribution < 1.29 is 18.3 Å². The normalized spacial score (nSPS) is 11.1. The number of alkyl halides is 2. The van der Waals surface area contributed by atoms with Crippen LogP contribution in [0, 0.1) is 0 Å². The predicted molar refractivity (Wildman–Crippen MR) is 91.9 cm³/mol. The fourth-order valence-corrected chi connectivity index (χ4v) is 2.63. The highest BCUT2D eigenvalue weighted by Crippen LogP contribution is 2.25.